The maximum absolute atomic E-state index is 11.6. The van der Waals surface area contributed by atoms with Gasteiger partial charge in [0.1, 0.15) is 6.61 Å². The molecule has 0 aromatic heterocycles. The van der Waals surface area contributed by atoms with Crippen molar-refractivity contribution in [1.82, 2.24) is 0 Å². The SMILES string of the molecule is CC(C)CCCCCCOCCOC(=O)c1ccccc1. The Labute approximate surface area is 128 Å². The Kier molecular flexibility index (Phi) is 9.55. The monoisotopic (exact) mass is 292 g/mol. The molecule has 1 aromatic carbocycles. The Hall–Kier alpha value is -1.35. The number of carbonyl (C=O) groups is 1. The minimum Gasteiger partial charge on any atom is -0.460 e. The first-order valence-corrected chi connectivity index (χ1v) is 8.00. The molecule has 0 spiro atoms. The summed E-state index contributed by atoms with van der Waals surface area (Å²) in [5.74, 6) is 0.522. The summed E-state index contributed by atoms with van der Waals surface area (Å²) in [4.78, 5) is 11.6. The third-order valence-electron chi connectivity index (χ3n) is 3.29. The summed E-state index contributed by atoms with van der Waals surface area (Å²) < 4.78 is 10.6. The highest BCUT2D eigenvalue weighted by molar-refractivity contribution is 5.89. The molecule has 0 aliphatic rings. The highest BCUT2D eigenvalue weighted by atomic mass is 16.6. The summed E-state index contributed by atoms with van der Waals surface area (Å²) in [6.07, 6.45) is 6.22. The summed E-state index contributed by atoms with van der Waals surface area (Å²) in [5.41, 5.74) is 0.586. The number of hydrogen-bond acceptors (Lipinski definition) is 3. The average molecular weight is 292 g/mol. The van der Waals surface area contributed by atoms with E-state index in [-0.39, 0.29) is 5.97 Å². The van der Waals surface area contributed by atoms with Crippen molar-refractivity contribution in [2.24, 2.45) is 5.92 Å². The van der Waals surface area contributed by atoms with Crippen molar-refractivity contribution < 1.29 is 14.3 Å². The van der Waals surface area contributed by atoms with Crippen LogP contribution in [0.2, 0.25) is 0 Å². The van der Waals surface area contributed by atoms with E-state index in [4.69, 9.17) is 9.47 Å². The van der Waals surface area contributed by atoms with E-state index in [1.807, 2.05) is 18.2 Å². The third kappa shape index (κ3) is 9.24. The number of hydrogen-bond donors (Lipinski definition) is 0. The number of ether oxygens (including phenoxy) is 2. The zero-order valence-corrected chi connectivity index (χ0v) is 13.3. The second kappa shape index (κ2) is 11.3. The van der Waals surface area contributed by atoms with E-state index in [0.717, 1.165) is 18.9 Å². The molecule has 0 unspecified atom stereocenters. The van der Waals surface area contributed by atoms with Crippen LogP contribution >= 0.6 is 0 Å². The summed E-state index contributed by atoms with van der Waals surface area (Å²) >= 11 is 0. The van der Waals surface area contributed by atoms with Crippen LogP contribution in [0.25, 0.3) is 0 Å². The van der Waals surface area contributed by atoms with Crippen LogP contribution < -0.4 is 0 Å². The van der Waals surface area contributed by atoms with E-state index >= 15 is 0 Å². The lowest BCUT2D eigenvalue weighted by molar-refractivity contribution is 0.0312. The van der Waals surface area contributed by atoms with Crippen LogP contribution in [0.4, 0.5) is 0 Å². The van der Waals surface area contributed by atoms with Gasteiger partial charge in [0.05, 0.1) is 12.2 Å². The molecular weight excluding hydrogens is 264 g/mol. The molecule has 1 rings (SSSR count). The molecule has 1 aromatic rings. The first-order valence-electron chi connectivity index (χ1n) is 8.00. The molecule has 0 aliphatic carbocycles. The van der Waals surface area contributed by atoms with Gasteiger partial charge in [-0.1, -0.05) is 57.7 Å². The van der Waals surface area contributed by atoms with Gasteiger partial charge in [0.2, 0.25) is 0 Å². The van der Waals surface area contributed by atoms with Crippen molar-refractivity contribution in [3.05, 3.63) is 35.9 Å². The summed E-state index contributed by atoms with van der Waals surface area (Å²) in [5, 5.41) is 0. The molecule has 3 heteroatoms. The van der Waals surface area contributed by atoms with Crippen molar-refractivity contribution in [2.45, 2.75) is 46.0 Å². The molecule has 0 amide bonds. The van der Waals surface area contributed by atoms with Crippen LogP contribution in [-0.4, -0.2) is 25.8 Å². The van der Waals surface area contributed by atoms with Gasteiger partial charge < -0.3 is 9.47 Å². The Morgan fingerprint density at radius 1 is 0.952 bits per heavy atom. The lowest BCUT2D eigenvalue weighted by Gasteiger charge is -2.07. The molecule has 118 valence electrons. The Morgan fingerprint density at radius 3 is 2.38 bits per heavy atom. The maximum Gasteiger partial charge on any atom is 0.338 e. The maximum atomic E-state index is 11.6. The van der Waals surface area contributed by atoms with Crippen LogP contribution in [0.3, 0.4) is 0 Å². The molecule has 0 aliphatic heterocycles. The van der Waals surface area contributed by atoms with Gasteiger partial charge in [-0.05, 0) is 24.5 Å². The van der Waals surface area contributed by atoms with Crippen molar-refractivity contribution in [1.29, 1.82) is 0 Å². The van der Waals surface area contributed by atoms with E-state index in [1.54, 1.807) is 12.1 Å². The van der Waals surface area contributed by atoms with Gasteiger partial charge in [0, 0.05) is 6.61 Å². The van der Waals surface area contributed by atoms with Gasteiger partial charge in [0.25, 0.3) is 0 Å². The zero-order valence-electron chi connectivity index (χ0n) is 13.3. The fraction of sp³-hybridized carbons (Fsp3) is 0.611. The minimum atomic E-state index is -0.284. The van der Waals surface area contributed by atoms with Gasteiger partial charge in [-0.15, -0.1) is 0 Å². The molecule has 0 bridgehead atoms. The van der Waals surface area contributed by atoms with Crippen LogP contribution in [0.15, 0.2) is 30.3 Å². The molecule has 0 fully saturated rings. The summed E-state index contributed by atoms with van der Waals surface area (Å²) in [6, 6.07) is 9.03. The molecule has 0 saturated heterocycles. The van der Waals surface area contributed by atoms with Crippen molar-refractivity contribution >= 4 is 5.97 Å². The zero-order chi connectivity index (χ0) is 15.3. The van der Waals surface area contributed by atoms with Crippen molar-refractivity contribution in [3.8, 4) is 0 Å². The first-order chi connectivity index (χ1) is 10.2. The van der Waals surface area contributed by atoms with Gasteiger partial charge in [-0.2, -0.15) is 0 Å². The van der Waals surface area contributed by atoms with Crippen LogP contribution in [0, 0.1) is 5.92 Å². The van der Waals surface area contributed by atoms with Gasteiger partial charge in [0.15, 0.2) is 0 Å². The predicted octanol–water partition coefficient (Wildman–Crippen LogP) is 4.47. The van der Waals surface area contributed by atoms with E-state index in [1.165, 1.54) is 25.7 Å². The lowest BCUT2D eigenvalue weighted by Crippen LogP contribution is -2.11. The topological polar surface area (TPSA) is 35.5 Å². The molecule has 0 heterocycles. The fourth-order valence-electron chi connectivity index (χ4n) is 2.06. The molecule has 0 atom stereocenters. The number of esters is 1. The lowest BCUT2D eigenvalue weighted by atomic mass is 10.0. The van der Waals surface area contributed by atoms with E-state index in [2.05, 4.69) is 13.8 Å². The van der Waals surface area contributed by atoms with E-state index < -0.39 is 0 Å². The van der Waals surface area contributed by atoms with Crippen LogP contribution in [-0.2, 0) is 9.47 Å². The average Bonchev–Trinajstić information content (AvgIpc) is 2.49. The number of rotatable bonds is 11. The predicted molar refractivity (Wildman–Crippen MR) is 85.5 cm³/mol. The number of carbonyl (C=O) groups excluding carboxylic acids is 1. The fourth-order valence-corrected chi connectivity index (χ4v) is 2.06. The number of unbranched alkanes of at least 4 members (excludes halogenated alkanes) is 3. The minimum absolute atomic E-state index is 0.284. The second-order valence-electron chi connectivity index (χ2n) is 5.71. The molecule has 0 N–H and O–H groups in total. The van der Waals surface area contributed by atoms with Crippen molar-refractivity contribution in [2.75, 3.05) is 19.8 Å². The van der Waals surface area contributed by atoms with Crippen molar-refractivity contribution in [3.63, 3.8) is 0 Å². The van der Waals surface area contributed by atoms with Gasteiger partial charge in [-0.25, -0.2) is 4.79 Å². The smallest absolute Gasteiger partial charge is 0.338 e. The standard InChI is InChI=1S/C18H28O3/c1-16(2)10-6-3-4-9-13-20-14-15-21-18(19)17-11-7-5-8-12-17/h5,7-8,11-12,16H,3-4,6,9-10,13-15H2,1-2H3. The van der Waals surface area contributed by atoms with Gasteiger partial charge >= 0.3 is 5.97 Å². The Bertz CT molecular complexity index is 373. The van der Waals surface area contributed by atoms with Crippen LogP contribution in [0.5, 0.6) is 0 Å². The first kappa shape index (κ1) is 17.7. The summed E-state index contributed by atoms with van der Waals surface area (Å²) in [7, 11) is 0. The molecule has 0 saturated carbocycles. The third-order valence-corrected chi connectivity index (χ3v) is 3.29. The van der Waals surface area contributed by atoms with Gasteiger partial charge in [-0.3, -0.25) is 0 Å². The normalized spacial score (nSPS) is 10.8. The van der Waals surface area contributed by atoms with Crippen LogP contribution in [0.1, 0.15) is 56.3 Å². The second-order valence-corrected chi connectivity index (χ2v) is 5.71. The molecule has 0 radical (unpaired) electrons. The highest BCUT2D eigenvalue weighted by Crippen LogP contribution is 2.09. The molecule has 3 nitrogen and oxygen atoms in total. The number of benzene rings is 1. The van der Waals surface area contributed by atoms with E-state index in [9.17, 15) is 4.79 Å². The largest absolute Gasteiger partial charge is 0.460 e. The summed E-state index contributed by atoms with van der Waals surface area (Å²) in [6.45, 7) is 6.08. The Morgan fingerprint density at radius 2 is 1.67 bits per heavy atom. The van der Waals surface area contributed by atoms with E-state index in [0.29, 0.717) is 18.8 Å². The highest BCUT2D eigenvalue weighted by Gasteiger charge is 2.04. The quantitative estimate of drug-likeness (QED) is 0.446. The molecule has 21 heavy (non-hydrogen) atoms. The molecular formula is C18H28O3. The Balaban J connectivity index is 1.90.